The zero-order valence-electron chi connectivity index (χ0n) is 16.4. The molecule has 0 amide bonds. The van der Waals surface area contributed by atoms with Crippen LogP contribution in [0.25, 0.3) is 10.2 Å². The molecule has 2 unspecified atom stereocenters. The minimum Gasteiger partial charge on any atom is -0.491 e. The van der Waals surface area contributed by atoms with Gasteiger partial charge in [0.2, 0.25) is 0 Å². The fraction of sp³-hybridized carbons (Fsp3) is 0.455. The second-order valence-electron chi connectivity index (χ2n) is 7.70. The molecule has 2 atom stereocenters. The predicted molar refractivity (Wildman–Crippen MR) is 112 cm³/mol. The van der Waals surface area contributed by atoms with E-state index in [0.717, 1.165) is 41.6 Å². The Labute approximate surface area is 168 Å². The molecule has 28 heavy (non-hydrogen) atoms. The van der Waals surface area contributed by atoms with Crippen LogP contribution < -0.4 is 10.3 Å². The van der Waals surface area contributed by atoms with E-state index in [9.17, 15) is 9.90 Å². The Hall–Kier alpha value is -2.18. The Kier molecular flexibility index (Phi) is 5.51. The molecule has 4 rings (SSSR count). The Morgan fingerprint density at radius 1 is 1.43 bits per heavy atom. The van der Waals surface area contributed by atoms with Gasteiger partial charge in [0.15, 0.2) is 0 Å². The molecule has 6 heteroatoms. The summed E-state index contributed by atoms with van der Waals surface area (Å²) in [5.74, 6) is 1.40. The minimum atomic E-state index is -0.781. The number of benzene rings is 1. The molecule has 0 fully saturated rings. The summed E-state index contributed by atoms with van der Waals surface area (Å²) < 4.78 is 7.23. The van der Waals surface area contributed by atoms with Gasteiger partial charge >= 0.3 is 0 Å². The fourth-order valence-electron chi connectivity index (χ4n) is 3.82. The molecule has 5 nitrogen and oxygen atoms in total. The first-order valence-corrected chi connectivity index (χ1v) is 10.8. The van der Waals surface area contributed by atoms with Gasteiger partial charge in [-0.3, -0.25) is 9.36 Å². The molecule has 2 heterocycles. The highest BCUT2D eigenvalue weighted by atomic mass is 32.1. The van der Waals surface area contributed by atoms with E-state index in [4.69, 9.17) is 4.74 Å². The molecule has 3 aromatic rings. The average Bonchev–Trinajstić information content (AvgIpc) is 3.07. The number of hydrogen-bond acceptors (Lipinski definition) is 5. The van der Waals surface area contributed by atoms with Crippen LogP contribution in [0.5, 0.6) is 5.75 Å². The van der Waals surface area contributed by atoms with Crippen LogP contribution in [0.15, 0.2) is 35.4 Å². The van der Waals surface area contributed by atoms with E-state index in [-0.39, 0.29) is 18.7 Å². The van der Waals surface area contributed by atoms with Crippen LogP contribution in [0.2, 0.25) is 0 Å². The number of aryl methyl sites for hydroxylation is 2. The van der Waals surface area contributed by atoms with Gasteiger partial charge in [0.05, 0.1) is 18.3 Å². The highest BCUT2D eigenvalue weighted by Gasteiger charge is 2.23. The quantitative estimate of drug-likeness (QED) is 0.689. The number of rotatable bonds is 6. The largest absolute Gasteiger partial charge is 0.491 e. The number of hydrogen-bond donors (Lipinski definition) is 1. The van der Waals surface area contributed by atoms with Crippen molar-refractivity contribution in [3.8, 4) is 5.75 Å². The van der Waals surface area contributed by atoms with Crippen molar-refractivity contribution in [1.29, 1.82) is 0 Å². The van der Waals surface area contributed by atoms with Crippen molar-refractivity contribution >= 4 is 21.6 Å². The lowest BCUT2D eigenvalue weighted by Gasteiger charge is -2.17. The summed E-state index contributed by atoms with van der Waals surface area (Å²) in [5.41, 5.74) is 2.31. The number of ether oxygens (including phenoxy) is 1. The topological polar surface area (TPSA) is 64.3 Å². The van der Waals surface area contributed by atoms with E-state index in [0.29, 0.717) is 5.92 Å². The Bertz CT molecular complexity index is 1040. The summed E-state index contributed by atoms with van der Waals surface area (Å²) in [4.78, 5) is 19.6. The lowest BCUT2D eigenvalue weighted by atomic mass is 9.89. The molecule has 1 N–H and O–H groups in total. The SMILES string of the molecule is CCc1cccc(OCC(O)Cn2cnc3sc4c(c3c2=O)CCC(C)C4)c1. The van der Waals surface area contributed by atoms with Crippen molar-refractivity contribution < 1.29 is 9.84 Å². The Morgan fingerprint density at radius 3 is 3.11 bits per heavy atom. The van der Waals surface area contributed by atoms with Gasteiger partial charge < -0.3 is 9.84 Å². The van der Waals surface area contributed by atoms with Gasteiger partial charge in [-0.15, -0.1) is 11.3 Å². The van der Waals surface area contributed by atoms with Crippen molar-refractivity contribution in [2.45, 2.75) is 52.2 Å². The zero-order chi connectivity index (χ0) is 19.7. The first-order valence-electron chi connectivity index (χ1n) is 9.94. The van der Waals surface area contributed by atoms with Crippen molar-refractivity contribution in [2.75, 3.05) is 6.61 Å². The van der Waals surface area contributed by atoms with Crippen molar-refractivity contribution in [1.82, 2.24) is 9.55 Å². The van der Waals surface area contributed by atoms with Gasteiger partial charge in [-0.25, -0.2) is 4.98 Å². The third kappa shape index (κ3) is 3.84. The molecule has 1 aromatic carbocycles. The average molecular weight is 399 g/mol. The van der Waals surface area contributed by atoms with Crippen LogP contribution in [0.1, 0.15) is 36.3 Å². The molecule has 2 aromatic heterocycles. The van der Waals surface area contributed by atoms with Gasteiger partial charge in [-0.05, 0) is 54.9 Å². The summed E-state index contributed by atoms with van der Waals surface area (Å²) in [7, 11) is 0. The van der Waals surface area contributed by atoms with Crippen molar-refractivity contribution in [3.63, 3.8) is 0 Å². The van der Waals surface area contributed by atoms with Crippen molar-refractivity contribution in [2.24, 2.45) is 5.92 Å². The molecular weight excluding hydrogens is 372 g/mol. The molecule has 0 aliphatic heterocycles. The smallest absolute Gasteiger partial charge is 0.262 e. The summed E-state index contributed by atoms with van der Waals surface area (Å²) in [6.45, 7) is 4.66. The van der Waals surface area contributed by atoms with E-state index >= 15 is 0 Å². The van der Waals surface area contributed by atoms with Gasteiger partial charge in [0, 0.05) is 4.88 Å². The summed E-state index contributed by atoms with van der Waals surface area (Å²) in [5, 5.41) is 11.1. The van der Waals surface area contributed by atoms with E-state index in [1.807, 2.05) is 24.3 Å². The van der Waals surface area contributed by atoms with Crippen LogP contribution in [-0.4, -0.2) is 27.4 Å². The van der Waals surface area contributed by atoms with Crippen molar-refractivity contribution in [3.05, 3.63) is 57.0 Å². The molecule has 1 aliphatic rings. The zero-order valence-corrected chi connectivity index (χ0v) is 17.2. The highest BCUT2D eigenvalue weighted by Crippen LogP contribution is 2.35. The second kappa shape index (κ2) is 8.05. The third-order valence-electron chi connectivity index (χ3n) is 5.44. The third-order valence-corrected chi connectivity index (χ3v) is 6.60. The number of aromatic nitrogens is 2. The van der Waals surface area contributed by atoms with E-state index < -0.39 is 6.10 Å². The van der Waals surface area contributed by atoms with Gasteiger partial charge in [0.1, 0.15) is 23.3 Å². The number of thiophene rings is 1. The lowest BCUT2D eigenvalue weighted by molar-refractivity contribution is 0.0914. The first kappa shape index (κ1) is 19.2. The number of nitrogens with zero attached hydrogens (tertiary/aromatic N) is 2. The van der Waals surface area contributed by atoms with Gasteiger partial charge in [0.25, 0.3) is 5.56 Å². The fourth-order valence-corrected chi connectivity index (χ4v) is 5.16. The maximum atomic E-state index is 13.0. The molecule has 0 spiro atoms. The summed E-state index contributed by atoms with van der Waals surface area (Å²) in [6.07, 6.45) is 4.79. The minimum absolute atomic E-state index is 0.0518. The number of fused-ring (bicyclic) bond motifs is 3. The number of aliphatic hydroxyl groups is 1. The monoisotopic (exact) mass is 398 g/mol. The van der Waals surface area contributed by atoms with E-state index in [1.165, 1.54) is 20.6 Å². The van der Waals surface area contributed by atoms with E-state index in [2.05, 4.69) is 18.8 Å². The van der Waals surface area contributed by atoms with Crippen LogP contribution in [0, 0.1) is 5.92 Å². The first-order chi connectivity index (χ1) is 13.5. The maximum Gasteiger partial charge on any atom is 0.262 e. The lowest BCUT2D eigenvalue weighted by Crippen LogP contribution is -2.30. The predicted octanol–water partition coefficient (Wildman–Crippen LogP) is 3.59. The van der Waals surface area contributed by atoms with Gasteiger partial charge in [-0.2, -0.15) is 0 Å². The second-order valence-corrected chi connectivity index (χ2v) is 8.78. The van der Waals surface area contributed by atoms with Crippen LogP contribution in [0.3, 0.4) is 0 Å². The highest BCUT2D eigenvalue weighted by molar-refractivity contribution is 7.18. The number of aliphatic hydroxyl groups excluding tert-OH is 1. The standard InChI is InChI=1S/C22H26N2O3S/c1-3-15-5-4-6-17(10-15)27-12-16(25)11-24-13-23-21-20(22(24)26)18-8-7-14(2)9-19(18)28-21/h4-6,10,13-14,16,25H,3,7-9,11-12H2,1-2H3. The Balaban J connectivity index is 1.49. The molecule has 1 aliphatic carbocycles. The summed E-state index contributed by atoms with van der Waals surface area (Å²) >= 11 is 1.64. The van der Waals surface area contributed by atoms with Crippen LogP contribution in [0.4, 0.5) is 0 Å². The molecule has 148 valence electrons. The summed E-state index contributed by atoms with van der Waals surface area (Å²) in [6, 6.07) is 7.85. The molecular formula is C22H26N2O3S. The molecule has 0 saturated heterocycles. The molecule has 0 saturated carbocycles. The normalized spacial score (nSPS) is 17.5. The van der Waals surface area contributed by atoms with Crippen LogP contribution >= 0.6 is 11.3 Å². The molecule has 0 bridgehead atoms. The molecule has 0 radical (unpaired) electrons. The maximum absolute atomic E-state index is 13.0. The van der Waals surface area contributed by atoms with Gasteiger partial charge in [-0.1, -0.05) is 26.0 Å². The Morgan fingerprint density at radius 2 is 2.29 bits per heavy atom. The van der Waals surface area contributed by atoms with E-state index in [1.54, 1.807) is 17.7 Å². The van der Waals surface area contributed by atoms with Crippen LogP contribution in [-0.2, 0) is 25.8 Å².